The number of carbonyl (C=O) groups excluding carboxylic acids is 2. The van der Waals surface area contributed by atoms with Crippen LogP contribution in [0.15, 0.2) is 12.7 Å². The molecule has 0 saturated heterocycles. The van der Waals surface area contributed by atoms with Crippen molar-refractivity contribution in [2.24, 2.45) is 11.8 Å². The Bertz CT molecular complexity index is 441. The molecule has 5 heteroatoms. The van der Waals surface area contributed by atoms with Gasteiger partial charge in [0.25, 0.3) is 0 Å². The van der Waals surface area contributed by atoms with Gasteiger partial charge in [-0.2, -0.15) is 0 Å². The van der Waals surface area contributed by atoms with Crippen LogP contribution in [0, 0.1) is 11.8 Å². The molecule has 0 aliphatic heterocycles. The van der Waals surface area contributed by atoms with E-state index in [9.17, 15) is 14.7 Å². The number of esters is 2. The fraction of sp³-hybridized carbons (Fsp3) is 0.733. The maximum Gasteiger partial charge on any atom is 0.344 e. The van der Waals surface area contributed by atoms with Crippen LogP contribution in [0.5, 0.6) is 0 Å². The lowest BCUT2D eigenvalue weighted by Crippen LogP contribution is -2.60. The quantitative estimate of drug-likeness (QED) is 0.621. The summed E-state index contributed by atoms with van der Waals surface area (Å²) < 4.78 is 10.3. The number of aliphatic hydroxyl groups is 1. The fourth-order valence-electron chi connectivity index (χ4n) is 4.71. The molecule has 4 rings (SSSR count). The summed E-state index contributed by atoms with van der Waals surface area (Å²) in [5, 5.41) is 10.5. The lowest BCUT2D eigenvalue weighted by atomic mass is 9.52. The van der Waals surface area contributed by atoms with Crippen LogP contribution in [0.1, 0.15) is 38.5 Å². The van der Waals surface area contributed by atoms with Gasteiger partial charge in [-0.15, -0.1) is 0 Å². The van der Waals surface area contributed by atoms with Gasteiger partial charge in [0.15, 0.2) is 6.61 Å². The van der Waals surface area contributed by atoms with Crippen molar-refractivity contribution >= 4 is 11.9 Å². The highest BCUT2D eigenvalue weighted by molar-refractivity contribution is 5.83. The first kappa shape index (κ1) is 13.6. The van der Waals surface area contributed by atoms with Crippen LogP contribution in [-0.2, 0) is 19.1 Å². The van der Waals surface area contributed by atoms with Crippen LogP contribution >= 0.6 is 0 Å². The van der Waals surface area contributed by atoms with E-state index in [0.717, 1.165) is 38.2 Å². The Kier molecular flexibility index (Phi) is 3.12. The molecule has 2 unspecified atom stereocenters. The molecule has 0 aromatic rings. The first-order chi connectivity index (χ1) is 9.42. The smallest absolute Gasteiger partial charge is 0.344 e. The van der Waals surface area contributed by atoms with Crippen molar-refractivity contribution in [3.63, 3.8) is 0 Å². The van der Waals surface area contributed by atoms with Crippen LogP contribution in [0.2, 0.25) is 0 Å². The molecular formula is C15H20O5. The number of rotatable bonds is 4. The van der Waals surface area contributed by atoms with Gasteiger partial charge in [0.05, 0.1) is 5.60 Å². The SMILES string of the molecule is C=CC(=O)OCC(=O)OC12CC3CC(CC(O)(C3)C1)C2. The predicted molar refractivity (Wildman–Crippen MR) is 69.6 cm³/mol. The summed E-state index contributed by atoms with van der Waals surface area (Å²) in [4.78, 5) is 22.8. The fourth-order valence-corrected chi connectivity index (χ4v) is 4.71. The Labute approximate surface area is 117 Å². The first-order valence-electron chi connectivity index (χ1n) is 7.15. The summed E-state index contributed by atoms with van der Waals surface area (Å²) in [5.41, 5.74) is -1.21. The first-order valence-corrected chi connectivity index (χ1v) is 7.15. The molecule has 0 heterocycles. The molecule has 0 aromatic heterocycles. The number of carbonyl (C=O) groups is 2. The Morgan fingerprint density at radius 1 is 1.25 bits per heavy atom. The van der Waals surface area contributed by atoms with Crippen molar-refractivity contribution in [2.75, 3.05) is 6.61 Å². The maximum absolute atomic E-state index is 11.8. The van der Waals surface area contributed by atoms with Gasteiger partial charge in [-0.3, -0.25) is 0 Å². The Morgan fingerprint density at radius 2 is 1.90 bits per heavy atom. The number of hydrogen-bond acceptors (Lipinski definition) is 5. The predicted octanol–water partition coefficient (Wildman–Crippen LogP) is 1.34. The summed E-state index contributed by atoms with van der Waals surface area (Å²) in [7, 11) is 0. The maximum atomic E-state index is 11.8. The van der Waals surface area contributed by atoms with E-state index >= 15 is 0 Å². The molecule has 0 radical (unpaired) electrons. The minimum Gasteiger partial charge on any atom is -0.456 e. The zero-order chi connectivity index (χ0) is 14.4. The third-order valence-corrected chi connectivity index (χ3v) is 4.81. The summed E-state index contributed by atoms with van der Waals surface area (Å²) >= 11 is 0. The highest BCUT2D eigenvalue weighted by Gasteiger charge is 2.59. The third-order valence-electron chi connectivity index (χ3n) is 4.81. The molecule has 0 spiro atoms. The molecule has 4 saturated carbocycles. The van der Waals surface area contributed by atoms with Crippen molar-refractivity contribution in [3.8, 4) is 0 Å². The van der Waals surface area contributed by atoms with Crippen LogP contribution in [0.25, 0.3) is 0 Å². The highest BCUT2D eigenvalue weighted by Crippen LogP contribution is 2.58. The van der Waals surface area contributed by atoms with E-state index in [0.29, 0.717) is 18.3 Å². The topological polar surface area (TPSA) is 72.8 Å². The van der Waals surface area contributed by atoms with E-state index in [1.54, 1.807) is 0 Å². The van der Waals surface area contributed by atoms with Crippen molar-refractivity contribution in [1.82, 2.24) is 0 Å². The van der Waals surface area contributed by atoms with E-state index in [1.165, 1.54) is 0 Å². The molecular weight excluding hydrogens is 260 g/mol. The lowest BCUT2D eigenvalue weighted by molar-refractivity contribution is -0.222. The summed E-state index contributed by atoms with van der Waals surface area (Å²) in [6.07, 6.45) is 5.98. The van der Waals surface area contributed by atoms with E-state index in [-0.39, 0.29) is 6.61 Å². The van der Waals surface area contributed by atoms with Gasteiger partial charge < -0.3 is 14.6 Å². The molecule has 4 fully saturated rings. The second-order valence-electron chi connectivity index (χ2n) is 6.65. The minimum absolute atomic E-state index is 0.389. The molecule has 0 aromatic carbocycles. The molecule has 20 heavy (non-hydrogen) atoms. The molecule has 110 valence electrons. The standard InChI is InChI=1S/C15H20O5/c1-2-12(16)19-8-13(17)20-15-6-10-3-11(7-15)5-14(18,4-10)9-15/h2,10-11,18H,1,3-9H2. The minimum atomic E-state index is -0.665. The third kappa shape index (κ3) is 2.46. The van der Waals surface area contributed by atoms with E-state index in [2.05, 4.69) is 6.58 Å². The Hall–Kier alpha value is -1.36. The molecule has 4 aliphatic carbocycles. The van der Waals surface area contributed by atoms with Gasteiger partial charge in [0.2, 0.25) is 0 Å². The van der Waals surface area contributed by atoms with Gasteiger partial charge in [-0.05, 0) is 43.9 Å². The van der Waals surface area contributed by atoms with Crippen LogP contribution in [0.3, 0.4) is 0 Å². The molecule has 2 atom stereocenters. The monoisotopic (exact) mass is 280 g/mol. The summed E-state index contributed by atoms with van der Waals surface area (Å²) in [6, 6.07) is 0. The largest absolute Gasteiger partial charge is 0.456 e. The molecule has 1 N–H and O–H groups in total. The van der Waals surface area contributed by atoms with E-state index in [1.807, 2.05) is 0 Å². The van der Waals surface area contributed by atoms with Crippen molar-refractivity contribution in [3.05, 3.63) is 12.7 Å². The van der Waals surface area contributed by atoms with E-state index in [4.69, 9.17) is 9.47 Å². The zero-order valence-electron chi connectivity index (χ0n) is 11.5. The van der Waals surface area contributed by atoms with Gasteiger partial charge in [-0.1, -0.05) is 6.58 Å². The molecule has 5 nitrogen and oxygen atoms in total. The zero-order valence-corrected chi connectivity index (χ0v) is 11.5. The lowest BCUT2D eigenvalue weighted by Gasteiger charge is -2.59. The normalized spacial score (nSPS) is 41.2. The average molecular weight is 280 g/mol. The van der Waals surface area contributed by atoms with Gasteiger partial charge in [0, 0.05) is 12.5 Å². The second kappa shape index (κ2) is 4.58. The molecule has 0 amide bonds. The van der Waals surface area contributed by atoms with Gasteiger partial charge >= 0.3 is 11.9 Å². The molecule has 4 aliphatic rings. The van der Waals surface area contributed by atoms with Crippen LogP contribution in [0.4, 0.5) is 0 Å². The number of ether oxygens (including phenoxy) is 2. The van der Waals surface area contributed by atoms with Crippen LogP contribution < -0.4 is 0 Å². The van der Waals surface area contributed by atoms with Crippen molar-refractivity contribution < 1.29 is 24.2 Å². The van der Waals surface area contributed by atoms with Gasteiger partial charge in [-0.25, -0.2) is 9.59 Å². The number of hydrogen-bond donors (Lipinski definition) is 1. The Morgan fingerprint density at radius 3 is 2.45 bits per heavy atom. The van der Waals surface area contributed by atoms with Crippen molar-refractivity contribution in [1.29, 1.82) is 0 Å². The molecule has 4 bridgehead atoms. The van der Waals surface area contributed by atoms with Gasteiger partial charge in [0.1, 0.15) is 5.60 Å². The highest BCUT2D eigenvalue weighted by atomic mass is 16.6. The second-order valence-corrected chi connectivity index (χ2v) is 6.65. The van der Waals surface area contributed by atoms with Crippen LogP contribution in [-0.4, -0.2) is 34.9 Å². The van der Waals surface area contributed by atoms with E-state index < -0.39 is 23.1 Å². The average Bonchev–Trinajstić information content (AvgIpc) is 2.32. The summed E-state index contributed by atoms with van der Waals surface area (Å²) in [5.74, 6) is -0.272. The summed E-state index contributed by atoms with van der Waals surface area (Å²) in [6.45, 7) is 2.88. The van der Waals surface area contributed by atoms with Crippen molar-refractivity contribution in [2.45, 2.75) is 49.7 Å². The Balaban J connectivity index is 1.63.